The van der Waals surface area contributed by atoms with E-state index in [0.29, 0.717) is 23.8 Å². The molecule has 9 heteroatoms. The third kappa shape index (κ3) is 2.56. The molecule has 1 aliphatic rings. The molecule has 1 aliphatic carbocycles. The van der Waals surface area contributed by atoms with Gasteiger partial charge in [-0.1, -0.05) is 11.6 Å². The molecule has 0 unspecified atom stereocenters. The van der Waals surface area contributed by atoms with Gasteiger partial charge in [0.2, 0.25) is 0 Å². The lowest BCUT2D eigenvalue weighted by molar-refractivity contribution is -0.141. The van der Waals surface area contributed by atoms with Crippen molar-refractivity contribution in [1.82, 2.24) is 24.1 Å². The van der Waals surface area contributed by atoms with E-state index in [1.807, 2.05) is 0 Å². The van der Waals surface area contributed by atoms with Crippen LogP contribution in [-0.2, 0) is 12.7 Å². The Morgan fingerprint density at radius 3 is 2.74 bits per heavy atom. The summed E-state index contributed by atoms with van der Waals surface area (Å²) in [6.45, 7) is 0.502. The number of halogens is 4. The third-order valence-corrected chi connectivity index (χ3v) is 4.10. The van der Waals surface area contributed by atoms with Crippen LogP contribution >= 0.6 is 11.6 Å². The van der Waals surface area contributed by atoms with E-state index in [2.05, 4.69) is 15.1 Å². The van der Waals surface area contributed by atoms with Crippen molar-refractivity contribution in [2.45, 2.75) is 25.6 Å². The zero-order valence-corrected chi connectivity index (χ0v) is 12.5. The second kappa shape index (κ2) is 4.95. The van der Waals surface area contributed by atoms with E-state index in [1.54, 1.807) is 0 Å². The number of fused-ring (bicyclic) bond motifs is 1. The first-order valence-corrected chi connectivity index (χ1v) is 7.44. The maximum atomic E-state index is 13.3. The van der Waals surface area contributed by atoms with E-state index in [1.165, 1.54) is 33.9 Å². The van der Waals surface area contributed by atoms with Crippen molar-refractivity contribution >= 4 is 17.2 Å². The summed E-state index contributed by atoms with van der Waals surface area (Å²) >= 11 is 5.93. The topological polar surface area (TPSA) is 48.0 Å². The lowest BCUT2D eigenvalue weighted by Gasteiger charge is -2.06. The van der Waals surface area contributed by atoms with Gasteiger partial charge in [-0.3, -0.25) is 9.08 Å². The molecule has 120 valence electrons. The number of aromatic nitrogens is 5. The summed E-state index contributed by atoms with van der Waals surface area (Å²) in [6.07, 6.45) is 3.27. The number of hydrogen-bond acceptors (Lipinski definition) is 3. The Balaban J connectivity index is 1.88. The van der Waals surface area contributed by atoms with E-state index in [4.69, 9.17) is 11.6 Å². The molecule has 3 aromatic rings. The van der Waals surface area contributed by atoms with Gasteiger partial charge in [0.05, 0.1) is 17.5 Å². The van der Waals surface area contributed by atoms with E-state index in [0.717, 1.165) is 12.8 Å². The summed E-state index contributed by atoms with van der Waals surface area (Å²) in [4.78, 5) is 7.94. The quantitative estimate of drug-likeness (QED) is 0.730. The van der Waals surface area contributed by atoms with Crippen molar-refractivity contribution in [3.05, 3.63) is 35.6 Å². The zero-order valence-electron chi connectivity index (χ0n) is 11.8. The van der Waals surface area contributed by atoms with Gasteiger partial charge in [-0.25, -0.2) is 9.97 Å². The highest BCUT2D eigenvalue weighted by Crippen LogP contribution is 2.38. The molecule has 3 aromatic heterocycles. The molecule has 0 amide bonds. The van der Waals surface area contributed by atoms with Gasteiger partial charge >= 0.3 is 6.18 Å². The van der Waals surface area contributed by atoms with Crippen molar-refractivity contribution < 1.29 is 13.2 Å². The van der Waals surface area contributed by atoms with Crippen LogP contribution < -0.4 is 0 Å². The Hall–Kier alpha value is -2.09. The highest BCUT2D eigenvalue weighted by molar-refractivity contribution is 6.32. The second-order valence-corrected chi connectivity index (χ2v) is 5.97. The molecule has 0 radical (unpaired) electrons. The first-order valence-electron chi connectivity index (χ1n) is 7.06. The fraction of sp³-hybridized carbons (Fsp3) is 0.357. The summed E-state index contributed by atoms with van der Waals surface area (Å²) in [6, 6.07) is 0. The summed E-state index contributed by atoms with van der Waals surface area (Å²) in [5.41, 5.74) is -0.313. The van der Waals surface area contributed by atoms with Gasteiger partial charge in [-0.2, -0.15) is 18.3 Å². The predicted octanol–water partition coefficient (Wildman–Crippen LogP) is 3.68. The minimum Gasteiger partial charge on any atom is -0.295 e. The van der Waals surface area contributed by atoms with E-state index in [-0.39, 0.29) is 10.7 Å². The summed E-state index contributed by atoms with van der Waals surface area (Å²) in [5.74, 6) is 0.421. The Labute approximate surface area is 133 Å². The van der Waals surface area contributed by atoms with Crippen molar-refractivity contribution in [2.75, 3.05) is 0 Å². The Bertz CT molecular complexity index is 878. The molecule has 0 N–H and O–H groups in total. The van der Waals surface area contributed by atoms with Gasteiger partial charge in [0, 0.05) is 25.1 Å². The van der Waals surface area contributed by atoms with Gasteiger partial charge < -0.3 is 0 Å². The molecular formula is C14H11ClF3N5. The smallest absolute Gasteiger partial charge is 0.295 e. The fourth-order valence-corrected chi connectivity index (χ4v) is 2.76. The minimum absolute atomic E-state index is 0.00656. The van der Waals surface area contributed by atoms with Gasteiger partial charge in [-0.05, 0) is 18.8 Å². The van der Waals surface area contributed by atoms with E-state index in [9.17, 15) is 13.2 Å². The molecule has 0 saturated heterocycles. The average Bonchev–Trinajstić information content (AvgIpc) is 3.01. The first kappa shape index (κ1) is 14.5. The maximum Gasteiger partial charge on any atom is 0.435 e. The summed E-state index contributed by atoms with van der Waals surface area (Å²) in [7, 11) is 0. The monoisotopic (exact) mass is 341 g/mol. The molecule has 23 heavy (non-hydrogen) atoms. The lowest BCUT2D eigenvalue weighted by atomic mass is 10.2. The van der Waals surface area contributed by atoms with Crippen LogP contribution in [-0.4, -0.2) is 24.1 Å². The third-order valence-electron chi connectivity index (χ3n) is 3.83. The molecule has 0 atom stereocenters. The molecule has 0 aromatic carbocycles. The lowest BCUT2D eigenvalue weighted by Crippen LogP contribution is -2.09. The Morgan fingerprint density at radius 2 is 2.04 bits per heavy atom. The molecule has 0 spiro atoms. The highest BCUT2D eigenvalue weighted by atomic mass is 35.5. The van der Waals surface area contributed by atoms with Gasteiger partial charge in [-0.15, -0.1) is 0 Å². The highest BCUT2D eigenvalue weighted by Gasteiger charge is 2.38. The minimum atomic E-state index is -4.54. The molecule has 1 fully saturated rings. The van der Waals surface area contributed by atoms with Crippen LogP contribution in [0.4, 0.5) is 13.2 Å². The van der Waals surface area contributed by atoms with Crippen LogP contribution in [0.5, 0.6) is 0 Å². The second-order valence-electron chi connectivity index (χ2n) is 5.61. The maximum absolute atomic E-state index is 13.3. The average molecular weight is 342 g/mol. The van der Waals surface area contributed by atoms with Gasteiger partial charge in [0.1, 0.15) is 0 Å². The molecule has 0 aliphatic heterocycles. The van der Waals surface area contributed by atoms with E-state index < -0.39 is 11.9 Å². The van der Waals surface area contributed by atoms with E-state index >= 15 is 0 Å². The van der Waals surface area contributed by atoms with Crippen molar-refractivity contribution in [3.63, 3.8) is 0 Å². The number of hydrogen-bond donors (Lipinski definition) is 0. The van der Waals surface area contributed by atoms with Gasteiger partial charge in [0.15, 0.2) is 16.5 Å². The van der Waals surface area contributed by atoms with Gasteiger partial charge in [0.25, 0.3) is 0 Å². The van der Waals surface area contributed by atoms with Crippen LogP contribution in [0.15, 0.2) is 24.8 Å². The zero-order chi connectivity index (χ0) is 16.2. The SMILES string of the molecule is FC(F)(F)c1nn(CC2CC2)cc1-c1cnc2c(Cl)nccn12. The summed E-state index contributed by atoms with van der Waals surface area (Å²) < 4.78 is 42.9. The molecular weight excluding hydrogens is 331 g/mol. The first-order chi connectivity index (χ1) is 10.9. The number of nitrogens with zero attached hydrogens (tertiary/aromatic N) is 5. The standard InChI is InChI=1S/C14H11ClF3N5/c15-12-13-20-5-10(23(13)4-3-19-12)9-7-22(6-8-1-2-8)21-11(9)14(16,17)18/h3-5,7-8H,1-2,6H2. The van der Waals surface area contributed by atoms with Crippen LogP contribution in [0.1, 0.15) is 18.5 Å². The summed E-state index contributed by atoms with van der Waals surface area (Å²) in [5, 5.41) is 3.89. The number of alkyl halides is 3. The van der Waals surface area contributed by atoms with Crippen LogP contribution in [0.2, 0.25) is 5.15 Å². The molecule has 5 nitrogen and oxygen atoms in total. The molecule has 1 saturated carbocycles. The number of imidazole rings is 1. The van der Waals surface area contributed by atoms with Crippen LogP contribution in [0.3, 0.4) is 0 Å². The fourth-order valence-electron chi connectivity index (χ4n) is 2.56. The Kier molecular flexibility index (Phi) is 3.12. The van der Waals surface area contributed by atoms with Crippen molar-refractivity contribution in [2.24, 2.45) is 5.92 Å². The molecule has 4 rings (SSSR count). The molecule has 3 heterocycles. The largest absolute Gasteiger partial charge is 0.435 e. The van der Waals surface area contributed by atoms with Crippen LogP contribution in [0.25, 0.3) is 16.9 Å². The van der Waals surface area contributed by atoms with Crippen molar-refractivity contribution in [1.29, 1.82) is 0 Å². The van der Waals surface area contributed by atoms with Crippen molar-refractivity contribution in [3.8, 4) is 11.3 Å². The normalized spacial score (nSPS) is 15.5. The Morgan fingerprint density at radius 1 is 1.26 bits per heavy atom. The molecule has 0 bridgehead atoms. The predicted molar refractivity (Wildman–Crippen MR) is 76.9 cm³/mol. The van der Waals surface area contributed by atoms with Crippen LogP contribution in [0, 0.1) is 5.92 Å². The number of rotatable bonds is 3.